The summed E-state index contributed by atoms with van der Waals surface area (Å²) < 4.78 is 85.1. The number of aromatic amines is 1. The standard InChI is InChI=1S/C21H17F4N3O3S/c22-12-3-8-17-15(9-12)18-16(10-26-27-18)19(11-1-2-11)28(17)32(29,30)14-6-4-13(5-7-14)31-21(25)20(23)24/h3-11,19-21H,1-2H2,(H,26,27). The molecule has 11 heteroatoms. The number of halogens is 4. The summed E-state index contributed by atoms with van der Waals surface area (Å²) in [6, 6.07) is 7.89. The van der Waals surface area contributed by atoms with Crippen molar-refractivity contribution in [2.75, 3.05) is 4.31 Å². The molecule has 168 valence electrons. The third kappa shape index (κ3) is 3.40. The highest BCUT2D eigenvalue weighted by Gasteiger charge is 2.47. The number of rotatable bonds is 6. The lowest BCUT2D eigenvalue weighted by atomic mass is 9.93. The Bertz CT molecular complexity index is 1260. The topological polar surface area (TPSA) is 75.3 Å². The molecular formula is C21H17F4N3O3S. The van der Waals surface area contributed by atoms with Gasteiger partial charge in [0.15, 0.2) is 0 Å². The zero-order valence-electron chi connectivity index (χ0n) is 16.4. The van der Waals surface area contributed by atoms with Crippen molar-refractivity contribution in [1.29, 1.82) is 0 Å². The van der Waals surface area contributed by atoms with Crippen molar-refractivity contribution in [3.8, 4) is 17.0 Å². The van der Waals surface area contributed by atoms with Crippen LogP contribution in [0, 0.1) is 11.7 Å². The van der Waals surface area contributed by atoms with Crippen molar-refractivity contribution in [3.63, 3.8) is 0 Å². The zero-order valence-corrected chi connectivity index (χ0v) is 17.2. The van der Waals surface area contributed by atoms with Crippen LogP contribution in [-0.4, -0.2) is 31.4 Å². The zero-order chi connectivity index (χ0) is 22.6. The first-order valence-corrected chi connectivity index (χ1v) is 11.3. The summed E-state index contributed by atoms with van der Waals surface area (Å²) in [4.78, 5) is -0.134. The highest BCUT2D eigenvalue weighted by Crippen LogP contribution is 2.54. The van der Waals surface area contributed by atoms with Crippen LogP contribution in [0.1, 0.15) is 24.4 Å². The van der Waals surface area contributed by atoms with E-state index in [9.17, 15) is 26.0 Å². The summed E-state index contributed by atoms with van der Waals surface area (Å²) in [6.07, 6.45) is -2.93. The fourth-order valence-corrected chi connectivity index (χ4v) is 5.74. The van der Waals surface area contributed by atoms with Crippen LogP contribution < -0.4 is 9.04 Å². The van der Waals surface area contributed by atoms with Crippen LogP contribution >= 0.6 is 0 Å². The van der Waals surface area contributed by atoms with Gasteiger partial charge in [-0.3, -0.25) is 9.40 Å². The molecule has 1 aliphatic carbocycles. The summed E-state index contributed by atoms with van der Waals surface area (Å²) in [5.74, 6) is -0.679. The highest BCUT2D eigenvalue weighted by atomic mass is 32.2. The second-order valence-corrected chi connectivity index (χ2v) is 9.53. The molecule has 3 aromatic rings. The predicted octanol–water partition coefficient (Wildman–Crippen LogP) is 4.82. The first kappa shape index (κ1) is 20.8. The van der Waals surface area contributed by atoms with Gasteiger partial charge in [-0.25, -0.2) is 21.6 Å². The van der Waals surface area contributed by atoms with Crippen molar-refractivity contribution in [3.05, 3.63) is 60.0 Å². The molecule has 2 aliphatic rings. The van der Waals surface area contributed by atoms with Crippen LogP contribution in [0.5, 0.6) is 5.75 Å². The van der Waals surface area contributed by atoms with Gasteiger partial charge >= 0.3 is 6.43 Å². The Balaban J connectivity index is 1.58. The number of sulfonamides is 1. The molecule has 0 amide bonds. The quantitative estimate of drug-likeness (QED) is 0.528. The fraction of sp³-hybridized carbons (Fsp3) is 0.286. The maximum atomic E-state index is 14.0. The minimum Gasteiger partial charge on any atom is -0.454 e. The minimum atomic E-state index is -4.15. The molecule has 2 aromatic carbocycles. The third-order valence-electron chi connectivity index (χ3n) is 5.60. The van der Waals surface area contributed by atoms with Gasteiger partial charge in [0.25, 0.3) is 16.4 Å². The summed E-state index contributed by atoms with van der Waals surface area (Å²) in [5, 5.41) is 6.90. The number of nitrogens with one attached hydrogen (secondary N) is 1. The van der Waals surface area contributed by atoms with Gasteiger partial charge in [0.1, 0.15) is 11.6 Å². The summed E-state index contributed by atoms with van der Waals surface area (Å²) in [5.41, 5.74) is 1.91. The first-order chi connectivity index (χ1) is 15.3. The van der Waals surface area contributed by atoms with E-state index >= 15 is 0 Å². The molecule has 0 bridgehead atoms. The van der Waals surface area contributed by atoms with E-state index in [1.807, 2.05) is 0 Å². The molecule has 1 aliphatic heterocycles. The number of anilines is 1. The molecule has 2 heterocycles. The molecule has 2 unspecified atom stereocenters. The minimum absolute atomic E-state index is 0.0697. The molecular weight excluding hydrogens is 450 g/mol. The van der Waals surface area contributed by atoms with Crippen molar-refractivity contribution in [1.82, 2.24) is 10.2 Å². The fourth-order valence-electron chi connectivity index (χ4n) is 4.03. The van der Waals surface area contributed by atoms with E-state index in [4.69, 9.17) is 0 Å². The van der Waals surface area contributed by atoms with Gasteiger partial charge in [-0.05, 0) is 61.2 Å². The SMILES string of the molecule is O=S(=O)(c1ccc(OC(F)C(F)F)cc1)N1c2ccc(F)cc2-c2[nH]ncc2C1C1CC1. The van der Waals surface area contributed by atoms with Crippen molar-refractivity contribution in [2.45, 2.75) is 36.6 Å². The van der Waals surface area contributed by atoms with Gasteiger partial charge in [-0.2, -0.15) is 9.49 Å². The maximum absolute atomic E-state index is 14.0. The first-order valence-electron chi connectivity index (χ1n) is 9.84. The van der Waals surface area contributed by atoms with Crippen molar-refractivity contribution < 1.29 is 30.7 Å². The molecule has 32 heavy (non-hydrogen) atoms. The van der Waals surface area contributed by atoms with Crippen LogP contribution in [0.2, 0.25) is 0 Å². The molecule has 1 fully saturated rings. The van der Waals surface area contributed by atoms with Gasteiger partial charge < -0.3 is 4.74 Å². The Morgan fingerprint density at radius 3 is 2.47 bits per heavy atom. The molecule has 1 N–H and O–H groups in total. The van der Waals surface area contributed by atoms with E-state index in [1.54, 1.807) is 6.20 Å². The number of fused-ring (bicyclic) bond motifs is 3. The number of ether oxygens (including phenoxy) is 1. The molecule has 0 spiro atoms. The third-order valence-corrected chi connectivity index (χ3v) is 7.41. The lowest BCUT2D eigenvalue weighted by molar-refractivity contribution is -0.0669. The van der Waals surface area contributed by atoms with E-state index < -0.39 is 34.7 Å². The smallest absolute Gasteiger partial charge is 0.304 e. The molecule has 0 saturated heterocycles. The lowest BCUT2D eigenvalue weighted by Gasteiger charge is -2.37. The number of hydrogen-bond donors (Lipinski definition) is 1. The molecule has 1 saturated carbocycles. The molecule has 1 aromatic heterocycles. The average molecular weight is 467 g/mol. The van der Waals surface area contributed by atoms with Crippen LogP contribution in [0.3, 0.4) is 0 Å². The van der Waals surface area contributed by atoms with Crippen LogP contribution in [0.15, 0.2) is 53.6 Å². The second-order valence-electron chi connectivity index (χ2n) is 7.72. The van der Waals surface area contributed by atoms with Gasteiger partial charge in [-0.1, -0.05) is 0 Å². The predicted molar refractivity (Wildman–Crippen MR) is 107 cm³/mol. The van der Waals surface area contributed by atoms with E-state index in [1.165, 1.54) is 34.6 Å². The van der Waals surface area contributed by atoms with E-state index in [-0.39, 0.29) is 16.6 Å². The number of nitrogens with zero attached hydrogens (tertiary/aromatic N) is 2. The van der Waals surface area contributed by atoms with Gasteiger partial charge in [-0.15, -0.1) is 0 Å². The highest BCUT2D eigenvalue weighted by molar-refractivity contribution is 7.92. The van der Waals surface area contributed by atoms with Crippen molar-refractivity contribution >= 4 is 15.7 Å². The number of hydrogen-bond acceptors (Lipinski definition) is 4. The number of H-pyrrole nitrogens is 1. The Labute approximate surface area is 180 Å². The Kier molecular flexibility index (Phi) is 4.88. The summed E-state index contributed by atoms with van der Waals surface area (Å²) in [7, 11) is -4.15. The van der Waals surface area contributed by atoms with Crippen molar-refractivity contribution in [2.24, 2.45) is 5.92 Å². The van der Waals surface area contributed by atoms with Crippen LogP contribution in [-0.2, 0) is 10.0 Å². The van der Waals surface area contributed by atoms with Gasteiger partial charge in [0, 0.05) is 11.1 Å². The Morgan fingerprint density at radius 2 is 1.81 bits per heavy atom. The molecule has 2 atom stereocenters. The average Bonchev–Trinajstić information content (AvgIpc) is 3.48. The lowest BCUT2D eigenvalue weighted by Crippen LogP contribution is -2.38. The molecule has 6 nitrogen and oxygen atoms in total. The number of alkyl halides is 3. The summed E-state index contributed by atoms with van der Waals surface area (Å²) >= 11 is 0. The van der Waals surface area contributed by atoms with Crippen LogP contribution in [0.25, 0.3) is 11.3 Å². The molecule has 5 rings (SSSR count). The second kappa shape index (κ2) is 7.51. The largest absolute Gasteiger partial charge is 0.454 e. The van der Waals surface area contributed by atoms with Gasteiger partial charge in [0.05, 0.1) is 28.5 Å². The monoisotopic (exact) mass is 467 g/mol. The summed E-state index contributed by atoms with van der Waals surface area (Å²) in [6.45, 7) is 0. The van der Waals surface area contributed by atoms with Gasteiger partial charge in [0.2, 0.25) is 0 Å². The van der Waals surface area contributed by atoms with E-state index in [0.717, 1.165) is 25.0 Å². The maximum Gasteiger partial charge on any atom is 0.304 e. The Hall–Kier alpha value is -3.08. The number of aromatic nitrogens is 2. The Morgan fingerprint density at radius 1 is 1.09 bits per heavy atom. The van der Waals surface area contributed by atoms with E-state index in [2.05, 4.69) is 14.9 Å². The van der Waals surface area contributed by atoms with Crippen LogP contribution in [0.4, 0.5) is 23.2 Å². The number of benzene rings is 2. The normalized spacial score (nSPS) is 18.9. The van der Waals surface area contributed by atoms with E-state index in [0.29, 0.717) is 22.5 Å². The molecule has 0 radical (unpaired) electrons.